The van der Waals surface area contributed by atoms with Gasteiger partial charge in [-0.05, 0) is 6.92 Å². The molecule has 10 heteroatoms. The fourth-order valence-electron chi connectivity index (χ4n) is 3.81. The van der Waals surface area contributed by atoms with Crippen molar-refractivity contribution in [2.24, 2.45) is 0 Å². The predicted octanol–water partition coefficient (Wildman–Crippen LogP) is 2.73. The summed E-state index contributed by atoms with van der Waals surface area (Å²) in [5.74, 6) is -2.08. The van der Waals surface area contributed by atoms with Crippen molar-refractivity contribution in [3.63, 3.8) is 0 Å². The van der Waals surface area contributed by atoms with E-state index in [9.17, 15) is 23.5 Å². The quantitative estimate of drug-likeness (QED) is 0.739. The van der Waals surface area contributed by atoms with Gasteiger partial charge in [-0.2, -0.15) is 8.78 Å². The lowest BCUT2D eigenvalue weighted by molar-refractivity contribution is -0.370. The molecule has 0 unspecified atom stereocenters. The monoisotopic (exact) mass is 416 g/mol. The molecule has 3 heterocycles. The van der Waals surface area contributed by atoms with E-state index in [1.807, 2.05) is 0 Å². The van der Waals surface area contributed by atoms with Gasteiger partial charge in [0.1, 0.15) is 5.92 Å². The summed E-state index contributed by atoms with van der Waals surface area (Å²) in [4.78, 5) is 25.1. The van der Waals surface area contributed by atoms with Gasteiger partial charge in [0, 0.05) is 30.3 Å². The molecule has 1 aromatic heterocycles. The maximum absolute atomic E-state index is 13.9. The Kier molecular flexibility index (Phi) is 4.25. The highest BCUT2D eigenvalue weighted by molar-refractivity contribution is 6.45. The van der Waals surface area contributed by atoms with E-state index in [2.05, 4.69) is 5.32 Å². The van der Waals surface area contributed by atoms with E-state index in [4.69, 9.17) is 23.2 Å². The molecule has 142 valence electrons. The molecule has 0 fully saturated rings. The second-order valence-electron chi connectivity index (χ2n) is 6.48. The van der Waals surface area contributed by atoms with Crippen molar-refractivity contribution in [3.8, 4) is 0 Å². The molecule has 2 aliphatic heterocycles. The van der Waals surface area contributed by atoms with Gasteiger partial charge in [0.25, 0.3) is 0 Å². The number of rotatable bonds is 2. The number of nitrogens with one attached hydrogen (secondary N) is 1. The zero-order valence-electron chi connectivity index (χ0n) is 14.0. The zero-order valence-corrected chi connectivity index (χ0v) is 15.5. The maximum Gasteiger partial charge on any atom is 0.420 e. The van der Waals surface area contributed by atoms with Gasteiger partial charge in [0.05, 0.1) is 20.9 Å². The molecule has 0 spiro atoms. The summed E-state index contributed by atoms with van der Waals surface area (Å²) in [7, 11) is 0. The van der Waals surface area contributed by atoms with Crippen LogP contribution in [0.4, 0.5) is 14.5 Å². The van der Waals surface area contributed by atoms with E-state index < -0.39 is 30.4 Å². The Morgan fingerprint density at radius 2 is 2.15 bits per heavy atom. The first-order valence-corrected chi connectivity index (χ1v) is 8.96. The zero-order chi connectivity index (χ0) is 19.6. The van der Waals surface area contributed by atoms with Crippen molar-refractivity contribution in [1.82, 2.24) is 9.88 Å². The minimum Gasteiger partial charge on any atom is -0.379 e. The van der Waals surface area contributed by atoms with Crippen molar-refractivity contribution in [1.29, 1.82) is 0 Å². The minimum absolute atomic E-state index is 0.00609. The Morgan fingerprint density at radius 3 is 2.78 bits per heavy atom. The third-order valence-corrected chi connectivity index (χ3v) is 5.67. The van der Waals surface area contributed by atoms with Gasteiger partial charge in [0.15, 0.2) is 12.3 Å². The van der Waals surface area contributed by atoms with Crippen molar-refractivity contribution >= 4 is 57.8 Å². The van der Waals surface area contributed by atoms with Crippen molar-refractivity contribution in [2.45, 2.75) is 31.9 Å². The lowest BCUT2D eigenvalue weighted by atomic mass is 9.92. The predicted molar refractivity (Wildman–Crippen MR) is 95.3 cm³/mol. The summed E-state index contributed by atoms with van der Waals surface area (Å²) >= 11 is 12.4. The van der Waals surface area contributed by atoms with Gasteiger partial charge in [-0.15, -0.1) is 4.58 Å². The number of alkyl halides is 2. The summed E-state index contributed by atoms with van der Waals surface area (Å²) in [6, 6.07) is 1.39. The van der Waals surface area contributed by atoms with Gasteiger partial charge >= 0.3 is 12.5 Å². The number of halogens is 4. The van der Waals surface area contributed by atoms with Crippen LogP contribution in [0, 0.1) is 0 Å². The number of nitrogens with zero attached hydrogens (tertiary/aromatic N) is 2. The van der Waals surface area contributed by atoms with E-state index in [1.54, 1.807) is 0 Å². The molecule has 0 aliphatic carbocycles. The molecule has 1 aromatic carbocycles. The first-order chi connectivity index (χ1) is 12.7. The third-order valence-electron chi connectivity index (χ3n) is 4.89. The highest BCUT2D eigenvalue weighted by Crippen LogP contribution is 2.48. The van der Waals surface area contributed by atoms with Crippen LogP contribution in [0.1, 0.15) is 30.6 Å². The van der Waals surface area contributed by atoms with Crippen LogP contribution in [0.25, 0.3) is 10.9 Å². The number of amides is 2. The molecule has 2 atom stereocenters. The van der Waals surface area contributed by atoms with Gasteiger partial charge in [-0.25, -0.2) is 4.79 Å². The summed E-state index contributed by atoms with van der Waals surface area (Å²) < 4.78 is 29.8. The van der Waals surface area contributed by atoms with E-state index in [0.717, 1.165) is 9.14 Å². The van der Waals surface area contributed by atoms with Gasteiger partial charge in [-0.3, -0.25) is 9.36 Å². The van der Waals surface area contributed by atoms with Crippen LogP contribution in [-0.4, -0.2) is 44.9 Å². The first kappa shape index (κ1) is 18.3. The van der Waals surface area contributed by atoms with Crippen LogP contribution in [0.5, 0.6) is 0 Å². The number of carbonyl (C=O) groups is 2. The van der Waals surface area contributed by atoms with Crippen LogP contribution < -0.4 is 5.32 Å². The number of carbonyl (C=O) groups excluding carboxylic acids is 2. The van der Waals surface area contributed by atoms with Crippen molar-refractivity contribution in [3.05, 3.63) is 27.4 Å². The van der Waals surface area contributed by atoms with Crippen LogP contribution in [0.15, 0.2) is 6.07 Å². The number of aliphatic hydroxyl groups excluding tert-OH is 1. The molecule has 0 bridgehead atoms. The fraction of sp³-hybridized carbons (Fsp3) is 0.353. The summed E-state index contributed by atoms with van der Waals surface area (Å²) in [5.41, 5.74) is 0.861. The molecule has 2 N–H and O–H groups in total. The largest absolute Gasteiger partial charge is 0.420 e. The molecule has 2 aliphatic rings. The smallest absolute Gasteiger partial charge is 0.379 e. The highest BCUT2D eigenvalue weighted by Gasteiger charge is 2.44. The lowest BCUT2D eigenvalue weighted by Gasteiger charge is -2.16. The Bertz CT molecular complexity index is 1050. The van der Waals surface area contributed by atoms with Gasteiger partial charge in [-0.1, -0.05) is 23.2 Å². The summed E-state index contributed by atoms with van der Waals surface area (Å²) in [5, 5.41) is 12.6. The van der Waals surface area contributed by atoms with Crippen molar-refractivity contribution < 1.29 is 28.1 Å². The van der Waals surface area contributed by atoms with E-state index >= 15 is 0 Å². The average molecular weight is 417 g/mol. The second kappa shape index (κ2) is 6.25. The highest BCUT2D eigenvalue weighted by atomic mass is 35.5. The van der Waals surface area contributed by atoms with Crippen LogP contribution in [0.3, 0.4) is 0 Å². The number of benzene rings is 1. The molecule has 6 nitrogen and oxygen atoms in total. The minimum atomic E-state index is -2.91. The van der Waals surface area contributed by atoms with Crippen LogP contribution >= 0.6 is 23.2 Å². The number of aliphatic hydroxyl groups is 1. The lowest BCUT2D eigenvalue weighted by Crippen LogP contribution is -2.36. The SMILES string of the molecule is C[C@H](O)C(=O)[N+]1=C[C@@H]2C(=O)NCCc3c2c2c1cc(Cl)c(Cl)c2n3C(F)F. The summed E-state index contributed by atoms with van der Waals surface area (Å²) in [6.45, 7) is -1.46. The van der Waals surface area contributed by atoms with Gasteiger partial charge in [0.2, 0.25) is 11.6 Å². The molecular formula is C17H14Cl2F2N3O3+. The standard InChI is InChI=1S/C17H13Cl2F2N3O3/c1-6(25)16(27)23-5-7-11-9(2-3-22-15(7)26)24(17(20)21)14-12(11)10(23)4-8(18)13(14)19/h4-7,17,25H,2-3H2,1H3/p+1/t6-,7-/m0/s1. The molecule has 2 amide bonds. The maximum atomic E-state index is 13.9. The molecule has 2 aromatic rings. The Morgan fingerprint density at radius 1 is 1.44 bits per heavy atom. The summed E-state index contributed by atoms with van der Waals surface area (Å²) in [6.07, 6.45) is 0.149. The van der Waals surface area contributed by atoms with E-state index in [0.29, 0.717) is 5.56 Å². The number of hydrogen-bond acceptors (Lipinski definition) is 3. The van der Waals surface area contributed by atoms with Crippen molar-refractivity contribution in [2.75, 3.05) is 6.54 Å². The van der Waals surface area contributed by atoms with Crippen LogP contribution in [-0.2, 0) is 16.0 Å². The second-order valence-corrected chi connectivity index (χ2v) is 7.26. The molecule has 0 saturated carbocycles. The Hall–Kier alpha value is -2.03. The fourth-order valence-corrected chi connectivity index (χ4v) is 4.24. The molecule has 4 rings (SSSR count). The Balaban J connectivity index is 2.19. The first-order valence-electron chi connectivity index (χ1n) is 8.20. The normalized spacial score (nSPS) is 19.7. The van der Waals surface area contributed by atoms with Gasteiger partial charge < -0.3 is 10.4 Å². The topological polar surface area (TPSA) is 74.3 Å². The number of hydrogen-bond donors (Lipinski definition) is 2. The van der Waals surface area contributed by atoms with E-state index in [1.165, 1.54) is 19.2 Å². The number of aromatic nitrogens is 1. The average Bonchev–Trinajstić information content (AvgIpc) is 2.86. The van der Waals surface area contributed by atoms with E-state index in [-0.39, 0.29) is 45.3 Å². The molecule has 0 radical (unpaired) electrons. The molecule has 27 heavy (non-hydrogen) atoms. The Labute approximate surface area is 162 Å². The molecular weight excluding hydrogens is 403 g/mol. The van der Waals surface area contributed by atoms with Crippen LogP contribution in [0.2, 0.25) is 10.0 Å². The molecule has 0 saturated heterocycles. The third kappa shape index (κ3) is 2.50.